The topological polar surface area (TPSA) is 52.7 Å². The fourth-order valence-corrected chi connectivity index (χ4v) is 3.27. The number of nitrogens with zero attached hydrogens (tertiary/aromatic N) is 2. The van der Waals surface area contributed by atoms with Gasteiger partial charge < -0.3 is 15.1 Å². The Morgan fingerprint density at radius 1 is 0.903 bits per heavy atom. The number of nitrogens with one attached hydrogen (secondary N) is 1. The molecule has 0 atom stereocenters. The van der Waals surface area contributed by atoms with Crippen molar-refractivity contribution in [3.05, 3.63) is 69.7 Å². The molecule has 2 aromatic carbocycles. The van der Waals surface area contributed by atoms with Gasteiger partial charge in [-0.25, -0.2) is 4.79 Å². The number of benzene rings is 2. The fraction of sp³-hybridized carbons (Fsp3) is 0.238. The zero-order valence-electron chi connectivity index (χ0n) is 16.1. The summed E-state index contributed by atoms with van der Waals surface area (Å²) in [4.78, 5) is 27.8. The van der Waals surface area contributed by atoms with E-state index in [0.717, 1.165) is 17.7 Å². The zero-order valence-corrected chi connectivity index (χ0v) is 17.6. The van der Waals surface area contributed by atoms with Crippen molar-refractivity contribution >= 4 is 46.9 Å². The number of alkyl halides is 3. The highest BCUT2D eigenvalue weighted by Crippen LogP contribution is 2.30. The molecule has 1 heterocycles. The summed E-state index contributed by atoms with van der Waals surface area (Å²) < 4.78 is 37.8. The average molecular weight is 472 g/mol. The van der Waals surface area contributed by atoms with Gasteiger partial charge in [-0.3, -0.25) is 4.79 Å². The molecule has 3 rings (SSSR count). The molecule has 0 spiro atoms. The molecular formula is C21H18Cl2F3N3O2. The number of rotatable bonds is 3. The predicted octanol–water partition coefficient (Wildman–Crippen LogP) is 5.40. The van der Waals surface area contributed by atoms with Crippen molar-refractivity contribution in [3.8, 4) is 0 Å². The van der Waals surface area contributed by atoms with Gasteiger partial charge in [-0.15, -0.1) is 0 Å². The highest BCUT2D eigenvalue weighted by Gasteiger charge is 2.30. The van der Waals surface area contributed by atoms with Crippen molar-refractivity contribution in [2.75, 3.05) is 31.5 Å². The molecule has 1 fully saturated rings. The van der Waals surface area contributed by atoms with Gasteiger partial charge in [-0.2, -0.15) is 13.2 Å². The van der Waals surface area contributed by atoms with Gasteiger partial charge in [0.2, 0.25) is 5.91 Å². The van der Waals surface area contributed by atoms with E-state index < -0.39 is 17.8 Å². The van der Waals surface area contributed by atoms with Gasteiger partial charge in [0, 0.05) is 37.9 Å². The number of amides is 3. The first-order valence-electron chi connectivity index (χ1n) is 9.29. The number of anilines is 1. The Kier molecular flexibility index (Phi) is 7.12. The normalized spacial score (nSPS) is 14.7. The molecule has 0 radical (unpaired) electrons. The molecular weight excluding hydrogens is 454 g/mol. The first kappa shape index (κ1) is 23.0. The van der Waals surface area contributed by atoms with E-state index in [0.29, 0.717) is 36.2 Å². The third-order valence-corrected chi connectivity index (χ3v) is 5.44. The van der Waals surface area contributed by atoms with E-state index in [4.69, 9.17) is 23.2 Å². The maximum atomic E-state index is 12.6. The van der Waals surface area contributed by atoms with Crippen LogP contribution in [0.1, 0.15) is 11.1 Å². The third kappa shape index (κ3) is 6.15. The van der Waals surface area contributed by atoms with E-state index in [-0.39, 0.29) is 11.6 Å². The van der Waals surface area contributed by atoms with Gasteiger partial charge in [0.25, 0.3) is 0 Å². The second kappa shape index (κ2) is 9.62. The minimum absolute atomic E-state index is 0.200. The monoisotopic (exact) mass is 471 g/mol. The lowest BCUT2D eigenvalue weighted by atomic mass is 10.2. The van der Waals surface area contributed by atoms with Gasteiger partial charge in [-0.1, -0.05) is 29.3 Å². The quantitative estimate of drug-likeness (QED) is 0.609. The molecule has 0 unspecified atom stereocenters. The Labute approximate surface area is 187 Å². The first-order valence-corrected chi connectivity index (χ1v) is 10.0. The Balaban J connectivity index is 1.50. The number of hydrogen-bond donors (Lipinski definition) is 1. The fourth-order valence-electron chi connectivity index (χ4n) is 2.96. The van der Waals surface area contributed by atoms with E-state index in [1.165, 1.54) is 23.1 Å². The van der Waals surface area contributed by atoms with E-state index in [9.17, 15) is 22.8 Å². The van der Waals surface area contributed by atoms with Crippen LogP contribution in [0, 0.1) is 0 Å². The van der Waals surface area contributed by atoms with Crippen LogP contribution >= 0.6 is 23.2 Å². The average Bonchev–Trinajstić information content (AvgIpc) is 2.74. The smallest absolute Gasteiger partial charge is 0.336 e. The minimum Gasteiger partial charge on any atom is -0.336 e. The van der Waals surface area contributed by atoms with Crippen LogP contribution in [0.15, 0.2) is 48.5 Å². The van der Waals surface area contributed by atoms with Crippen LogP contribution in [0.2, 0.25) is 10.0 Å². The molecule has 2 aromatic rings. The van der Waals surface area contributed by atoms with Crippen LogP contribution in [0.3, 0.4) is 0 Å². The summed E-state index contributed by atoms with van der Waals surface area (Å²) in [7, 11) is 0. The summed E-state index contributed by atoms with van der Waals surface area (Å²) in [5.41, 5.74) is 0.213. The van der Waals surface area contributed by atoms with Crippen LogP contribution in [0.5, 0.6) is 0 Å². The number of piperazine rings is 1. The van der Waals surface area contributed by atoms with Crippen LogP contribution < -0.4 is 5.32 Å². The lowest BCUT2D eigenvalue weighted by molar-refractivity contribution is -0.137. The predicted molar refractivity (Wildman–Crippen MR) is 114 cm³/mol. The Hall–Kier alpha value is -2.71. The molecule has 1 N–H and O–H groups in total. The molecule has 1 saturated heterocycles. The highest BCUT2D eigenvalue weighted by molar-refractivity contribution is 6.42. The van der Waals surface area contributed by atoms with Crippen LogP contribution in [0.25, 0.3) is 6.08 Å². The summed E-state index contributed by atoms with van der Waals surface area (Å²) in [6.45, 7) is 1.29. The summed E-state index contributed by atoms with van der Waals surface area (Å²) >= 11 is 11.8. The zero-order chi connectivity index (χ0) is 22.6. The molecule has 1 aliphatic heterocycles. The number of halogens is 5. The number of carbonyl (C=O) groups excluding carboxylic acids is 2. The van der Waals surface area contributed by atoms with Crippen LogP contribution in [-0.2, 0) is 11.0 Å². The molecule has 10 heteroatoms. The maximum Gasteiger partial charge on any atom is 0.416 e. The van der Waals surface area contributed by atoms with E-state index >= 15 is 0 Å². The molecule has 5 nitrogen and oxygen atoms in total. The molecule has 0 bridgehead atoms. The SMILES string of the molecule is O=C(/C=C/c1ccc(Cl)c(Cl)c1)N1CCN(C(=O)Nc2ccc(C(F)(F)F)cc2)CC1. The van der Waals surface area contributed by atoms with Gasteiger partial charge in [0.15, 0.2) is 0 Å². The van der Waals surface area contributed by atoms with Gasteiger partial charge in [0.1, 0.15) is 0 Å². The van der Waals surface area contributed by atoms with Crippen molar-refractivity contribution in [3.63, 3.8) is 0 Å². The van der Waals surface area contributed by atoms with E-state index in [1.54, 1.807) is 29.2 Å². The van der Waals surface area contributed by atoms with Crippen molar-refractivity contribution < 1.29 is 22.8 Å². The van der Waals surface area contributed by atoms with Crippen molar-refractivity contribution in [2.24, 2.45) is 0 Å². The Morgan fingerprint density at radius 3 is 2.10 bits per heavy atom. The molecule has 31 heavy (non-hydrogen) atoms. The Bertz CT molecular complexity index is 986. The van der Waals surface area contributed by atoms with Crippen LogP contribution in [0.4, 0.5) is 23.7 Å². The van der Waals surface area contributed by atoms with Gasteiger partial charge in [-0.05, 0) is 48.0 Å². The minimum atomic E-state index is -4.43. The summed E-state index contributed by atoms with van der Waals surface area (Å²) in [5.74, 6) is -0.200. The van der Waals surface area contributed by atoms with E-state index in [2.05, 4.69) is 5.32 Å². The van der Waals surface area contributed by atoms with Crippen LogP contribution in [-0.4, -0.2) is 47.9 Å². The molecule has 1 aliphatic rings. The maximum absolute atomic E-state index is 12.6. The van der Waals surface area contributed by atoms with Crippen molar-refractivity contribution in [1.29, 1.82) is 0 Å². The lowest BCUT2D eigenvalue weighted by Gasteiger charge is -2.34. The summed E-state index contributed by atoms with van der Waals surface area (Å²) in [6, 6.07) is 8.82. The molecule has 3 amide bonds. The second-order valence-corrected chi connectivity index (χ2v) is 7.64. The standard InChI is InChI=1S/C21H18Cl2F3N3O2/c22-17-7-1-14(13-18(17)23)2-8-19(30)28-9-11-29(12-10-28)20(31)27-16-5-3-15(4-6-16)21(24,25)26/h1-8,13H,9-12H2,(H,27,31)/b8-2+. The highest BCUT2D eigenvalue weighted by atomic mass is 35.5. The third-order valence-electron chi connectivity index (χ3n) is 4.70. The molecule has 164 valence electrons. The van der Waals surface area contributed by atoms with Gasteiger partial charge >= 0.3 is 12.2 Å². The second-order valence-electron chi connectivity index (χ2n) is 6.82. The van der Waals surface area contributed by atoms with Crippen molar-refractivity contribution in [2.45, 2.75) is 6.18 Å². The van der Waals surface area contributed by atoms with Gasteiger partial charge in [0.05, 0.1) is 15.6 Å². The molecule has 0 aliphatic carbocycles. The number of hydrogen-bond acceptors (Lipinski definition) is 2. The lowest BCUT2D eigenvalue weighted by Crippen LogP contribution is -2.51. The van der Waals surface area contributed by atoms with E-state index in [1.807, 2.05) is 0 Å². The number of urea groups is 1. The molecule has 0 saturated carbocycles. The number of carbonyl (C=O) groups is 2. The van der Waals surface area contributed by atoms with Crippen molar-refractivity contribution in [1.82, 2.24) is 9.80 Å². The molecule has 0 aromatic heterocycles. The first-order chi connectivity index (χ1) is 14.6. The Morgan fingerprint density at radius 2 is 1.52 bits per heavy atom. The largest absolute Gasteiger partial charge is 0.416 e. The summed E-state index contributed by atoms with van der Waals surface area (Å²) in [6.07, 6.45) is -1.37. The summed E-state index contributed by atoms with van der Waals surface area (Å²) in [5, 5.41) is 3.39.